The van der Waals surface area contributed by atoms with Gasteiger partial charge in [-0.1, -0.05) is 196 Å². The van der Waals surface area contributed by atoms with Gasteiger partial charge >= 0.3 is 0 Å². The summed E-state index contributed by atoms with van der Waals surface area (Å²) < 4.78 is 9.27. The van der Waals surface area contributed by atoms with Crippen LogP contribution < -0.4 is 0 Å². The number of hydrogen-bond donors (Lipinski definition) is 2. The smallest absolute Gasteiger partial charge is 0.300 e. The van der Waals surface area contributed by atoms with Gasteiger partial charge in [0.1, 0.15) is 23.3 Å². The number of para-hydroxylation sites is 8. The van der Waals surface area contributed by atoms with E-state index >= 15 is 0 Å². The predicted octanol–water partition coefficient (Wildman–Crippen LogP) is 14.0. The Morgan fingerprint density at radius 2 is 0.602 bits per heavy atom. The summed E-state index contributed by atoms with van der Waals surface area (Å²) in [6.45, 7) is 21.9. The molecule has 0 saturated carbocycles. The maximum Gasteiger partial charge on any atom is 0.300 e. The molecule has 4 heterocycles. The fraction of sp³-hybridized carbons (Fsp3) is 0.164. The van der Waals surface area contributed by atoms with Crippen molar-refractivity contribution >= 4 is 74.4 Å². The molecule has 0 bridgehead atoms. The Labute approximate surface area is 534 Å². The van der Waals surface area contributed by atoms with E-state index in [2.05, 4.69) is 224 Å². The number of carboxylic acids is 1. The molecule has 88 heavy (non-hydrogen) atoms. The first-order valence-corrected chi connectivity index (χ1v) is 29.0. The predicted molar refractivity (Wildman–Crippen MR) is 349 cm³/mol. The number of imidazole rings is 4. The summed E-state index contributed by atoms with van der Waals surface area (Å²) in [5.41, 5.74) is 16.8. The van der Waals surface area contributed by atoms with Crippen LogP contribution in [0, 0.1) is 0 Å². The average molecular weight is 1250 g/mol. The van der Waals surface area contributed by atoms with Gasteiger partial charge in [0, 0.05) is 80.3 Å². The Kier molecular flexibility index (Phi) is 21.3. The van der Waals surface area contributed by atoms with Gasteiger partial charge in [0.05, 0.1) is 76.4 Å². The summed E-state index contributed by atoms with van der Waals surface area (Å²) in [6, 6.07) is 67.5. The first kappa shape index (κ1) is 63.5. The molecular formula is C73H70Mn2N10O3. The monoisotopic (exact) mass is 1240 g/mol. The molecule has 0 fully saturated rings. The first-order valence-electron chi connectivity index (χ1n) is 29.0. The third kappa shape index (κ3) is 15.2. The van der Waals surface area contributed by atoms with Crippen molar-refractivity contribution in [1.82, 2.24) is 48.0 Å². The molecule has 0 saturated heterocycles. The number of carboxylic acid groups (broad SMARTS) is 1. The molecule has 12 aromatic rings. The van der Waals surface area contributed by atoms with Gasteiger partial charge in [0.2, 0.25) is 0 Å². The fourth-order valence-electron chi connectivity index (χ4n) is 11.3. The normalized spacial score (nSPS) is 11.2. The number of hydrogen-bond acceptors (Lipinski definition) is 8. The minimum atomic E-state index is -0.845. The van der Waals surface area contributed by atoms with E-state index in [1.807, 2.05) is 48.6 Å². The van der Waals surface area contributed by atoms with Crippen molar-refractivity contribution in [2.75, 3.05) is 13.1 Å². The van der Waals surface area contributed by atoms with Crippen molar-refractivity contribution in [3.8, 4) is 0 Å². The van der Waals surface area contributed by atoms with E-state index in [0.29, 0.717) is 65.4 Å². The van der Waals surface area contributed by atoms with Crippen molar-refractivity contribution in [1.29, 1.82) is 0 Å². The molecule has 444 valence electrons. The van der Waals surface area contributed by atoms with E-state index in [1.165, 1.54) is 0 Å². The number of rotatable bonds is 24. The van der Waals surface area contributed by atoms with Gasteiger partial charge in [-0.25, -0.2) is 19.9 Å². The Morgan fingerprint density at radius 1 is 0.398 bits per heavy atom. The topological polar surface area (TPSA) is 135 Å². The Hall–Kier alpha value is -9.01. The van der Waals surface area contributed by atoms with Gasteiger partial charge in [-0.2, -0.15) is 0 Å². The van der Waals surface area contributed by atoms with Crippen LogP contribution in [0.1, 0.15) is 74.7 Å². The van der Waals surface area contributed by atoms with E-state index < -0.39 is 12.1 Å². The van der Waals surface area contributed by atoms with Gasteiger partial charge in [-0.3, -0.25) is 14.6 Å². The second kappa shape index (κ2) is 29.6. The largest absolute Gasteiger partial charge is 0.481 e. The number of nitrogens with zero attached hydrogens (tertiary/aromatic N) is 10. The van der Waals surface area contributed by atoms with Crippen molar-refractivity contribution < 1.29 is 49.1 Å². The van der Waals surface area contributed by atoms with E-state index in [0.717, 1.165) is 119 Å². The number of aliphatic hydroxyl groups is 1. The molecule has 0 unspecified atom stereocenters. The molecule has 8 aromatic carbocycles. The maximum atomic E-state index is 13.1. The second-order valence-electron chi connectivity index (χ2n) is 21.7. The van der Waals surface area contributed by atoms with Gasteiger partial charge in [-0.15, -0.1) is 0 Å². The Bertz CT molecular complexity index is 3810. The van der Waals surface area contributed by atoms with Gasteiger partial charge < -0.3 is 28.5 Å². The zero-order valence-corrected chi connectivity index (χ0v) is 51.7. The third-order valence-electron chi connectivity index (χ3n) is 15.6. The molecule has 0 aliphatic heterocycles. The molecule has 12 rings (SSSR count). The molecule has 0 aliphatic rings. The summed E-state index contributed by atoms with van der Waals surface area (Å²) >= 11 is 0. The fourth-order valence-corrected chi connectivity index (χ4v) is 11.3. The Morgan fingerprint density at radius 3 is 0.807 bits per heavy atom. The zero-order valence-electron chi connectivity index (χ0n) is 49.3. The summed E-state index contributed by atoms with van der Waals surface area (Å²) in [6.07, 6.45) is 6.64. The van der Waals surface area contributed by atoms with Crippen LogP contribution in [0.25, 0.3) is 68.4 Å². The summed E-state index contributed by atoms with van der Waals surface area (Å²) in [4.78, 5) is 35.0. The first-order chi connectivity index (χ1) is 42.0. The number of aromatic nitrogens is 8. The van der Waals surface area contributed by atoms with Crippen LogP contribution in [0.15, 0.2) is 220 Å². The SMILES string of the molecule is C=Cc1ccc(Cn2c(CN(Cc3nc4ccccc4n3Cc3ccc(C=C)cc3)CC(O)CN(Cc3nc4ccccc4n3Cc3ccc(C=C)cc3)Cc3nc4ccccc4n3Cc3ccc(C=C)cc3)nc3ccccc32)cc1.CC(=O)O.[Mn].[Mn]. The van der Waals surface area contributed by atoms with Crippen LogP contribution in [-0.2, 0) is 91.3 Å². The molecule has 13 nitrogen and oxygen atoms in total. The molecule has 0 atom stereocenters. The van der Waals surface area contributed by atoms with Gasteiger partial charge in [0.15, 0.2) is 0 Å². The molecule has 0 amide bonds. The van der Waals surface area contributed by atoms with Crippen LogP contribution >= 0.6 is 0 Å². The van der Waals surface area contributed by atoms with E-state index in [4.69, 9.17) is 29.8 Å². The summed E-state index contributed by atoms with van der Waals surface area (Å²) in [5, 5.41) is 20.5. The number of fused-ring (bicyclic) bond motifs is 4. The number of benzene rings is 8. The van der Waals surface area contributed by atoms with Gasteiger partial charge in [0.25, 0.3) is 5.97 Å². The average Bonchev–Trinajstić information content (AvgIpc) is 2.05. The standard InChI is InChI=1S/C71H66N10O.C2H4O2.2Mn/c1-5-51-25-33-55(34-26-51)41-78-64-21-13-9-17-60(64)72-68(78)47-76(48-69-73-61-18-10-14-22-65(61)79(69)42-56-35-27-52(6-2)28-36-56)45-59(82)46-77(49-70-74-62-19-11-15-23-66(62)80(70)43-57-37-29-53(7-3)30-38-57)50-71-75-63-20-12-16-24-67(63)81(71)44-58-39-31-54(8-4)32-40-58;1-2(3)4;;/h5-40,59,82H,1-4,41-50H2;1H3,(H,3,4);;. The molecule has 15 heteroatoms. The van der Waals surface area contributed by atoms with Crippen molar-refractivity contribution in [3.63, 3.8) is 0 Å². The van der Waals surface area contributed by atoms with Crippen molar-refractivity contribution in [2.24, 2.45) is 0 Å². The van der Waals surface area contributed by atoms with Crippen LogP contribution in [-0.4, -0.2) is 83.4 Å². The third-order valence-corrected chi connectivity index (χ3v) is 15.6. The summed E-state index contributed by atoms with van der Waals surface area (Å²) in [7, 11) is 0. The number of carbonyl (C=O) groups is 1. The summed E-state index contributed by atoms with van der Waals surface area (Å²) in [5.74, 6) is 2.74. The second-order valence-corrected chi connectivity index (χ2v) is 21.7. The van der Waals surface area contributed by atoms with Crippen LogP contribution in [0.3, 0.4) is 0 Å². The van der Waals surface area contributed by atoms with Crippen LogP contribution in [0.4, 0.5) is 0 Å². The van der Waals surface area contributed by atoms with Crippen molar-refractivity contribution in [2.45, 2.75) is 65.4 Å². The minimum Gasteiger partial charge on any atom is -0.481 e. The van der Waals surface area contributed by atoms with Crippen LogP contribution in [0.2, 0.25) is 0 Å². The van der Waals surface area contributed by atoms with E-state index in [1.54, 1.807) is 0 Å². The number of aliphatic hydroxyl groups excluding tert-OH is 1. The minimum absolute atomic E-state index is 0. The zero-order chi connectivity index (χ0) is 59.5. The molecule has 0 spiro atoms. The molecule has 2 radical (unpaired) electrons. The van der Waals surface area contributed by atoms with E-state index in [-0.39, 0.29) is 34.1 Å². The van der Waals surface area contributed by atoms with Gasteiger partial charge in [-0.05, 0) is 93.0 Å². The quantitative estimate of drug-likeness (QED) is 0.0567. The molecule has 4 aromatic heterocycles. The molecule has 2 N–H and O–H groups in total. The molecular weight excluding hydrogens is 1170 g/mol. The maximum absolute atomic E-state index is 13.1. The van der Waals surface area contributed by atoms with Crippen LogP contribution in [0.5, 0.6) is 0 Å². The molecule has 0 aliphatic carbocycles. The van der Waals surface area contributed by atoms with E-state index in [9.17, 15) is 5.11 Å². The Balaban J connectivity index is 0.00000149. The number of aliphatic carboxylic acids is 1. The van der Waals surface area contributed by atoms with Crippen molar-refractivity contribution in [3.05, 3.63) is 288 Å².